The topological polar surface area (TPSA) is 75.6 Å². The van der Waals surface area contributed by atoms with E-state index in [0.29, 0.717) is 37.7 Å². The second kappa shape index (κ2) is 6.68. The second-order valence-electron chi connectivity index (χ2n) is 4.68. The third kappa shape index (κ3) is 3.58. The van der Waals surface area contributed by atoms with Gasteiger partial charge in [-0.05, 0) is 20.0 Å². The van der Waals surface area contributed by atoms with Crippen LogP contribution in [0.2, 0.25) is 0 Å². The zero-order valence-corrected chi connectivity index (χ0v) is 12.7. The van der Waals surface area contributed by atoms with Gasteiger partial charge in [-0.2, -0.15) is 0 Å². The van der Waals surface area contributed by atoms with E-state index in [1.807, 2.05) is 18.5 Å². The zero-order valence-electron chi connectivity index (χ0n) is 11.9. The molecule has 7 nitrogen and oxygen atoms in total. The Morgan fingerprint density at radius 2 is 2.05 bits per heavy atom. The van der Waals surface area contributed by atoms with Crippen molar-refractivity contribution in [1.82, 2.24) is 19.7 Å². The van der Waals surface area contributed by atoms with Crippen molar-refractivity contribution in [3.63, 3.8) is 0 Å². The van der Waals surface area contributed by atoms with E-state index in [2.05, 4.69) is 10.1 Å². The van der Waals surface area contributed by atoms with Crippen molar-refractivity contribution in [3.05, 3.63) is 18.0 Å². The first kappa shape index (κ1) is 15.5. The Kier molecular flexibility index (Phi) is 5.17. The Labute approximate surface area is 119 Å². The molecule has 0 radical (unpaired) electrons. The lowest BCUT2D eigenvalue weighted by molar-refractivity contribution is 0.0272. The Morgan fingerprint density at radius 1 is 1.35 bits per heavy atom. The Hall–Kier alpha value is -0.930. The molecule has 20 heavy (non-hydrogen) atoms. The molecule has 0 bridgehead atoms. The largest absolute Gasteiger partial charge is 0.379 e. The molecule has 1 saturated heterocycles. The number of ether oxygens (including phenoxy) is 1. The summed E-state index contributed by atoms with van der Waals surface area (Å²) in [6.07, 6.45) is 1.68. The van der Waals surface area contributed by atoms with E-state index < -0.39 is 10.0 Å². The van der Waals surface area contributed by atoms with Gasteiger partial charge < -0.3 is 14.6 Å². The van der Waals surface area contributed by atoms with Crippen LogP contribution in [0, 0.1) is 0 Å². The van der Waals surface area contributed by atoms with Crippen LogP contribution in [0.4, 0.5) is 0 Å². The fourth-order valence-corrected chi connectivity index (χ4v) is 3.36. The fourth-order valence-electron chi connectivity index (χ4n) is 2.17. The van der Waals surface area contributed by atoms with Gasteiger partial charge >= 0.3 is 0 Å². The van der Waals surface area contributed by atoms with Crippen LogP contribution in [0.1, 0.15) is 12.6 Å². The number of nitrogens with zero attached hydrogens (tertiary/aromatic N) is 2. The molecule has 0 aliphatic carbocycles. The first-order valence-corrected chi connectivity index (χ1v) is 8.24. The van der Waals surface area contributed by atoms with Gasteiger partial charge in [-0.1, -0.05) is 0 Å². The minimum Gasteiger partial charge on any atom is -0.379 e. The van der Waals surface area contributed by atoms with Crippen LogP contribution < -0.4 is 10.1 Å². The van der Waals surface area contributed by atoms with Gasteiger partial charge in [0.25, 0.3) is 10.0 Å². The summed E-state index contributed by atoms with van der Waals surface area (Å²) in [7, 11) is -1.68. The molecule has 1 fully saturated rings. The lowest BCUT2D eigenvalue weighted by Gasteiger charge is -2.26. The number of aromatic nitrogens is 1. The average molecular weight is 302 g/mol. The van der Waals surface area contributed by atoms with E-state index in [1.54, 1.807) is 17.3 Å². The van der Waals surface area contributed by atoms with Crippen LogP contribution in [0.5, 0.6) is 0 Å². The number of morpholine rings is 1. The molecule has 0 saturated carbocycles. The van der Waals surface area contributed by atoms with E-state index in [0.717, 1.165) is 12.2 Å². The summed E-state index contributed by atoms with van der Waals surface area (Å²) in [5, 5.41) is 4.72. The van der Waals surface area contributed by atoms with Crippen LogP contribution in [0.3, 0.4) is 0 Å². The van der Waals surface area contributed by atoms with Gasteiger partial charge in [-0.25, -0.2) is 13.4 Å². The lowest BCUT2D eigenvalue weighted by atomic mass is 10.4. The van der Waals surface area contributed by atoms with Crippen molar-refractivity contribution < 1.29 is 13.2 Å². The molecule has 114 valence electrons. The lowest BCUT2D eigenvalue weighted by Crippen LogP contribution is -2.48. The molecule has 1 aliphatic heterocycles. The van der Waals surface area contributed by atoms with E-state index in [9.17, 15) is 8.42 Å². The number of hydrogen-bond donors (Lipinski definition) is 2. The third-order valence-electron chi connectivity index (χ3n) is 3.23. The van der Waals surface area contributed by atoms with Crippen LogP contribution in [0.25, 0.3) is 0 Å². The summed E-state index contributed by atoms with van der Waals surface area (Å²) >= 11 is 0. The summed E-state index contributed by atoms with van der Waals surface area (Å²) in [6, 6.07) is 1.71. The monoisotopic (exact) mass is 302 g/mol. The highest BCUT2D eigenvalue weighted by molar-refractivity contribution is 7.89. The summed E-state index contributed by atoms with van der Waals surface area (Å²) in [4.78, 5) is 2.91. The summed E-state index contributed by atoms with van der Waals surface area (Å²) < 4.78 is 31.9. The minimum atomic E-state index is -3.52. The highest BCUT2D eigenvalue weighted by Gasteiger charge is 2.22. The summed E-state index contributed by atoms with van der Waals surface area (Å²) in [5.41, 5.74) is 0.956. The maximum atomic E-state index is 12.4. The van der Waals surface area contributed by atoms with E-state index in [-0.39, 0.29) is 0 Å². The van der Waals surface area contributed by atoms with Gasteiger partial charge in [0.1, 0.15) is 4.90 Å². The van der Waals surface area contributed by atoms with Gasteiger partial charge in [-0.15, -0.1) is 4.83 Å². The van der Waals surface area contributed by atoms with Crippen molar-refractivity contribution in [2.24, 2.45) is 0 Å². The fraction of sp³-hybridized carbons (Fsp3) is 0.667. The Bertz CT molecular complexity index is 535. The molecule has 0 atom stereocenters. The van der Waals surface area contributed by atoms with Gasteiger partial charge in [0.2, 0.25) is 0 Å². The molecule has 8 heteroatoms. The van der Waals surface area contributed by atoms with Crippen molar-refractivity contribution in [1.29, 1.82) is 0 Å². The molecular weight excluding hydrogens is 280 g/mol. The molecule has 1 aliphatic rings. The highest BCUT2D eigenvalue weighted by atomic mass is 32.2. The van der Waals surface area contributed by atoms with Gasteiger partial charge in [0.05, 0.1) is 13.2 Å². The van der Waals surface area contributed by atoms with Crippen molar-refractivity contribution in [2.45, 2.75) is 24.9 Å². The predicted octanol–water partition coefficient (Wildman–Crippen LogP) is -0.247. The number of rotatable bonds is 6. The van der Waals surface area contributed by atoms with Gasteiger partial charge in [0, 0.05) is 38.1 Å². The van der Waals surface area contributed by atoms with Crippen molar-refractivity contribution in [2.75, 3.05) is 33.4 Å². The molecule has 2 N–H and O–H groups in total. The maximum Gasteiger partial charge on any atom is 0.254 e. The molecule has 0 spiro atoms. The third-order valence-corrected chi connectivity index (χ3v) is 4.57. The second-order valence-corrected chi connectivity index (χ2v) is 6.34. The van der Waals surface area contributed by atoms with Gasteiger partial charge in [0.15, 0.2) is 0 Å². The highest BCUT2D eigenvalue weighted by Crippen LogP contribution is 2.15. The number of hydrogen-bond acceptors (Lipinski definition) is 5. The first-order chi connectivity index (χ1) is 9.56. The molecule has 0 amide bonds. The average Bonchev–Trinajstić information content (AvgIpc) is 2.84. The molecule has 1 aromatic rings. The summed E-state index contributed by atoms with van der Waals surface area (Å²) in [5.74, 6) is 0. The number of aryl methyl sites for hydroxylation is 1. The van der Waals surface area contributed by atoms with E-state index >= 15 is 0 Å². The minimum absolute atomic E-state index is 0.302. The maximum absolute atomic E-state index is 12.4. The molecule has 0 aromatic carbocycles. The van der Waals surface area contributed by atoms with Crippen molar-refractivity contribution >= 4 is 10.0 Å². The van der Waals surface area contributed by atoms with Crippen LogP contribution in [0.15, 0.2) is 17.2 Å². The summed E-state index contributed by atoms with van der Waals surface area (Å²) in [6.45, 7) is 5.59. The molecule has 1 aromatic heterocycles. The van der Waals surface area contributed by atoms with Crippen LogP contribution in [-0.4, -0.2) is 51.3 Å². The molecule has 0 unspecified atom stereocenters. The number of nitrogens with one attached hydrogen (secondary N) is 2. The SMILES string of the molecule is CCn1cc(S(=O)(=O)NN2CCOCC2)cc1CNC. The Morgan fingerprint density at radius 3 is 2.65 bits per heavy atom. The smallest absolute Gasteiger partial charge is 0.254 e. The standard InChI is InChI=1S/C12H22N4O3S/c1-3-15-10-12(8-11(15)9-13-2)20(17,18)14-16-4-6-19-7-5-16/h8,10,13-14H,3-7,9H2,1-2H3. The Balaban J connectivity index is 2.15. The van der Waals surface area contributed by atoms with E-state index in [1.165, 1.54) is 0 Å². The predicted molar refractivity (Wildman–Crippen MR) is 75.6 cm³/mol. The normalized spacial score (nSPS) is 17.5. The number of hydrazine groups is 1. The van der Waals surface area contributed by atoms with Gasteiger partial charge in [-0.3, -0.25) is 0 Å². The van der Waals surface area contributed by atoms with Crippen LogP contribution >= 0.6 is 0 Å². The first-order valence-electron chi connectivity index (χ1n) is 6.75. The quantitative estimate of drug-likeness (QED) is 0.758. The number of sulfonamides is 1. The molecule has 2 rings (SSSR count). The van der Waals surface area contributed by atoms with Crippen molar-refractivity contribution in [3.8, 4) is 0 Å². The molecular formula is C12H22N4O3S. The molecule has 2 heterocycles. The zero-order chi connectivity index (χ0) is 14.6. The van der Waals surface area contributed by atoms with E-state index in [4.69, 9.17) is 4.74 Å². The van der Waals surface area contributed by atoms with Crippen LogP contribution in [-0.2, 0) is 27.8 Å².